The third-order valence-corrected chi connectivity index (χ3v) is 4.33. The summed E-state index contributed by atoms with van der Waals surface area (Å²) in [6.45, 7) is 0. The number of hydrogen-bond donors (Lipinski definition) is 0. The van der Waals surface area contributed by atoms with Gasteiger partial charge in [-0.25, -0.2) is 4.39 Å². The fraction of sp³-hybridized carbons (Fsp3) is 0.462. The van der Waals surface area contributed by atoms with Crippen LogP contribution in [0.2, 0.25) is 5.02 Å². The Hall–Kier alpha value is -0.540. The normalized spacial score (nSPS) is 17.1. The number of carbonyl (C=O) groups is 1. The van der Waals surface area contributed by atoms with Crippen LogP contribution in [-0.2, 0) is 0 Å². The van der Waals surface area contributed by atoms with Gasteiger partial charge in [0.05, 0.1) is 5.56 Å². The summed E-state index contributed by atoms with van der Waals surface area (Å²) in [5.74, 6) is 2.03. The van der Waals surface area contributed by atoms with Gasteiger partial charge in [0, 0.05) is 11.4 Å². The molecule has 0 spiro atoms. The predicted octanol–water partition coefficient (Wildman–Crippen LogP) is 4.20. The minimum Gasteiger partial charge on any atom is -0.294 e. The zero-order valence-corrected chi connectivity index (χ0v) is 11.0. The molecule has 0 aromatic heterocycles. The van der Waals surface area contributed by atoms with Gasteiger partial charge < -0.3 is 0 Å². The minimum atomic E-state index is -0.468. The average Bonchev–Trinajstić information content (AvgIpc) is 2.33. The van der Waals surface area contributed by atoms with Gasteiger partial charge >= 0.3 is 0 Å². The first kappa shape index (κ1) is 12.9. The van der Waals surface area contributed by atoms with Crippen LogP contribution in [0.5, 0.6) is 0 Å². The largest absolute Gasteiger partial charge is 0.294 e. The summed E-state index contributed by atoms with van der Waals surface area (Å²) in [5.41, 5.74) is 0.135. The number of rotatable bonds is 3. The summed E-state index contributed by atoms with van der Waals surface area (Å²) in [5, 5.41) is 0.411. The second-order valence-corrected chi connectivity index (χ2v) is 5.97. The van der Waals surface area contributed by atoms with Crippen molar-refractivity contribution >= 4 is 29.1 Å². The van der Waals surface area contributed by atoms with Crippen molar-refractivity contribution in [1.82, 2.24) is 0 Å². The molecule has 1 aromatic rings. The van der Waals surface area contributed by atoms with Crippen LogP contribution in [0.3, 0.4) is 0 Å². The Labute approximate surface area is 110 Å². The maximum absolute atomic E-state index is 13.5. The van der Waals surface area contributed by atoms with Crippen molar-refractivity contribution < 1.29 is 9.18 Å². The molecule has 1 aliphatic heterocycles. The van der Waals surface area contributed by atoms with Crippen molar-refractivity contribution in [3.63, 3.8) is 0 Å². The molecule has 0 unspecified atom stereocenters. The fourth-order valence-electron chi connectivity index (χ4n) is 2.03. The topological polar surface area (TPSA) is 17.1 Å². The summed E-state index contributed by atoms with van der Waals surface area (Å²) in [6, 6.07) is 4.15. The molecule has 0 saturated carbocycles. The Balaban J connectivity index is 2.05. The molecule has 0 atom stereocenters. The Morgan fingerprint density at radius 3 is 2.82 bits per heavy atom. The molecule has 92 valence electrons. The van der Waals surface area contributed by atoms with Crippen molar-refractivity contribution in [1.29, 1.82) is 0 Å². The lowest BCUT2D eigenvalue weighted by Gasteiger charge is -2.20. The van der Waals surface area contributed by atoms with Crippen molar-refractivity contribution in [2.45, 2.75) is 19.3 Å². The maximum atomic E-state index is 13.5. The number of Topliss-reactive ketones (excluding diaryl/α,β-unsaturated/α-hetero) is 1. The Kier molecular flexibility index (Phi) is 4.46. The van der Waals surface area contributed by atoms with E-state index in [0.717, 1.165) is 24.3 Å². The first-order valence-electron chi connectivity index (χ1n) is 5.73. The lowest BCUT2D eigenvalue weighted by molar-refractivity contribution is 0.0955. The van der Waals surface area contributed by atoms with E-state index in [9.17, 15) is 9.18 Å². The van der Waals surface area contributed by atoms with E-state index in [-0.39, 0.29) is 11.3 Å². The van der Waals surface area contributed by atoms with Crippen molar-refractivity contribution in [2.75, 3.05) is 11.5 Å². The third-order valence-electron chi connectivity index (χ3n) is 3.04. The summed E-state index contributed by atoms with van der Waals surface area (Å²) in [4.78, 5) is 12.0. The van der Waals surface area contributed by atoms with Gasteiger partial charge in [0.15, 0.2) is 5.78 Å². The predicted molar refractivity (Wildman–Crippen MR) is 70.4 cm³/mol. The number of hydrogen-bond acceptors (Lipinski definition) is 2. The Morgan fingerprint density at radius 1 is 1.41 bits per heavy atom. The molecule has 1 saturated heterocycles. The maximum Gasteiger partial charge on any atom is 0.166 e. The lowest BCUT2D eigenvalue weighted by atomic mass is 9.93. The monoisotopic (exact) mass is 272 g/mol. The zero-order valence-electron chi connectivity index (χ0n) is 9.42. The van der Waals surface area contributed by atoms with E-state index in [0.29, 0.717) is 17.4 Å². The standard InChI is InChI=1S/C13H14ClFOS/c14-10-1-2-12(15)11(8-10)13(16)7-9-3-5-17-6-4-9/h1-2,8-9H,3-7H2. The molecule has 0 aliphatic carbocycles. The van der Waals surface area contributed by atoms with Crippen LogP contribution in [0.25, 0.3) is 0 Å². The van der Waals surface area contributed by atoms with E-state index < -0.39 is 5.82 Å². The molecule has 0 radical (unpaired) electrons. The third kappa shape index (κ3) is 3.46. The molecule has 1 nitrogen and oxygen atoms in total. The Morgan fingerprint density at radius 2 is 2.12 bits per heavy atom. The summed E-state index contributed by atoms with van der Waals surface area (Å²) >= 11 is 7.70. The smallest absolute Gasteiger partial charge is 0.166 e. The lowest BCUT2D eigenvalue weighted by Crippen LogP contribution is -2.15. The molecular weight excluding hydrogens is 259 g/mol. The van der Waals surface area contributed by atoms with Crippen molar-refractivity contribution in [2.24, 2.45) is 5.92 Å². The minimum absolute atomic E-state index is 0.123. The molecule has 2 rings (SSSR count). The average molecular weight is 273 g/mol. The van der Waals surface area contributed by atoms with Crippen LogP contribution in [0.4, 0.5) is 4.39 Å². The van der Waals surface area contributed by atoms with Crippen LogP contribution in [0.1, 0.15) is 29.6 Å². The molecule has 4 heteroatoms. The molecule has 1 aromatic carbocycles. The highest BCUT2D eigenvalue weighted by molar-refractivity contribution is 7.99. The van der Waals surface area contributed by atoms with Crippen LogP contribution >= 0.6 is 23.4 Å². The Bertz CT molecular complexity index is 416. The molecule has 1 aliphatic rings. The first-order chi connectivity index (χ1) is 8.16. The number of thioether (sulfide) groups is 1. The zero-order chi connectivity index (χ0) is 12.3. The van der Waals surface area contributed by atoms with E-state index in [1.165, 1.54) is 18.2 Å². The first-order valence-corrected chi connectivity index (χ1v) is 7.26. The quantitative estimate of drug-likeness (QED) is 0.768. The van der Waals surface area contributed by atoms with Crippen LogP contribution in [0.15, 0.2) is 18.2 Å². The van der Waals surface area contributed by atoms with Gasteiger partial charge in [0.1, 0.15) is 5.82 Å². The number of carbonyl (C=O) groups excluding carboxylic acids is 1. The molecule has 1 heterocycles. The number of ketones is 1. The molecule has 1 fully saturated rings. The molecular formula is C13H14ClFOS. The van der Waals surface area contributed by atoms with Crippen LogP contribution < -0.4 is 0 Å². The van der Waals surface area contributed by atoms with Gasteiger partial charge in [0.25, 0.3) is 0 Å². The van der Waals surface area contributed by atoms with Gasteiger partial charge in [-0.3, -0.25) is 4.79 Å². The molecule has 0 bridgehead atoms. The van der Waals surface area contributed by atoms with Gasteiger partial charge in [-0.1, -0.05) is 11.6 Å². The highest BCUT2D eigenvalue weighted by atomic mass is 35.5. The number of benzene rings is 1. The van der Waals surface area contributed by atoms with E-state index in [1.807, 2.05) is 11.8 Å². The molecule has 0 amide bonds. The molecule has 17 heavy (non-hydrogen) atoms. The highest BCUT2D eigenvalue weighted by Crippen LogP contribution is 2.27. The summed E-state index contributed by atoms with van der Waals surface area (Å²) < 4.78 is 13.5. The molecule has 0 N–H and O–H groups in total. The second kappa shape index (κ2) is 5.87. The second-order valence-electron chi connectivity index (χ2n) is 4.31. The van der Waals surface area contributed by atoms with Crippen LogP contribution in [-0.4, -0.2) is 17.3 Å². The van der Waals surface area contributed by atoms with Gasteiger partial charge in [0.2, 0.25) is 0 Å². The summed E-state index contributed by atoms with van der Waals surface area (Å²) in [7, 11) is 0. The fourth-order valence-corrected chi connectivity index (χ4v) is 3.41. The highest BCUT2D eigenvalue weighted by Gasteiger charge is 2.20. The van der Waals surface area contributed by atoms with E-state index in [4.69, 9.17) is 11.6 Å². The van der Waals surface area contributed by atoms with Crippen molar-refractivity contribution in [3.8, 4) is 0 Å². The van der Waals surface area contributed by atoms with Crippen LogP contribution in [0, 0.1) is 11.7 Å². The number of halogens is 2. The van der Waals surface area contributed by atoms with Crippen molar-refractivity contribution in [3.05, 3.63) is 34.6 Å². The van der Waals surface area contributed by atoms with Gasteiger partial charge in [-0.05, 0) is 48.5 Å². The van der Waals surface area contributed by atoms with E-state index in [1.54, 1.807) is 0 Å². The van der Waals surface area contributed by atoms with E-state index >= 15 is 0 Å². The van der Waals surface area contributed by atoms with Gasteiger partial charge in [-0.2, -0.15) is 11.8 Å². The summed E-state index contributed by atoms with van der Waals surface area (Å²) in [6.07, 6.45) is 2.55. The SMILES string of the molecule is O=C(CC1CCSCC1)c1cc(Cl)ccc1F. The van der Waals surface area contributed by atoms with Gasteiger partial charge in [-0.15, -0.1) is 0 Å². The van der Waals surface area contributed by atoms with E-state index in [2.05, 4.69) is 0 Å².